The minimum atomic E-state index is 0. The molecule has 1 N–H and O–H groups in total. The summed E-state index contributed by atoms with van der Waals surface area (Å²) in [6, 6.07) is 6.79. The van der Waals surface area contributed by atoms with Crippen LogP contribution in [0.25, 0.3) is 0 Å². The zero-order chi connectivity index (χ0) is 14.5. The number of methoxy groups -OCH3 is 1. The number of hydrogen-bond donors (Lipinski definition) is 1. The molecular weight excluding hydrogens is 296 g/mol. The van der Waals surface area contributed by atoms with Gasteiger partial charge in [-0.1, -0.05) is 24.6 Å². The molecule has 124 valence electrons. The SMILES string of the molecule is COCCC1CCCCN(Cc2cccc3c2NCC3)C1.Cl. The minimum Gasteiger partial charge on any atom is -0.385 e. The van der Waals surface area contributed by atoms with E-state index in [-0.39, 0.29) is 12.4 Å². The molecule has 0 aromatic heterocycles. The molecule has 4 heteroatoms. The van der Waals surface area contributed by atoms with Gasteiger partial charge in [0.1, 0.15) is 0 Å². The average Bonchev–Trinajstić information content (AvgIpc) is 2.87. The summed E-state index contributed by atoms with van der Waals surface area (Å²) in [5, 5.41) is 3.57. The van der Waals surface area contributed by atoms with Gasteiger partial charge in [0.05, 0.1) is 0 Å². The molecule has 1 aromatic carbocycles. The molecule has 1 aromatic rings. The quantitative estimate of drug-likeness (QED) is 0.893. The van der Waals surface area contributed by atoms with Crippen molar-refractivity contribution in [2.24, 2.45) is 5.92 Å². The summed E-state index contributed by atoms with van der Waals surface area (Å²) < 4.78 is 5.27. The third-order valence-corrected chi connectivity index (χ3v) is 4.91. The number of nitrogens with zero attached hydrogens (tertiary/aromatic N) is 1. The zero-order valence-corrected chi connectivity index (χ0v) is 14.5. The first-order valence-corrected chi connectivity index (χ1v) is 8.43. The molecule has 2 aliphatic rings. The van der Waals surface area contributed by atoms with Crippen molar-refractivity contribution in [2.45, 2.75) is 38.6 Å². The van der Waals surface area contributed by atoms with Gasteiger partial charge in [-0.25, -0.2) is 0 Å². The van der Waals surface area contributed by atoms with Gasteiger partial charge in [-0.05, 0) is 49.3 Å². The van der Waals surface area contributed by atoms with Gasteiger partial charge in [0, 0.05) is 39.0 Å². The fraction of sp³-hybridized carbons (Fsp3) is 0.667. The van der Waals surface area contributed by atoms with Crippen LogP contribution in [0.4, 0.5) is 5.69 Å². The van der Waals surface area contributed by atoms with Gasteiger partial charge in [-0.2, -0.15) is 0 Å². The summed E-state index contributed by atoms with van der Waals surface area (Å²) in [7, 11) is 1.81. The number of fused-ring (bicyclic) bond motifs is 1. The van der Waals surface area contributed by atoms with E-state index in [2.05, 4.69) is 28.4 Å². The van der Waals surface area contributed by atoms with Crippen LogP contribution < -0.4 is 5.32 Å². The normalized spacial score (nSPS) is 21.6. The van der Waals surface area contributed by atoms with E-state index in [1.807, 2.05) is 7.11 Å². The highest BCUT2D eigenvalue weighted by molar-refractivity contribution is 5.85. The molecule has 0 spiro atoms. The van der Waals surface area contributed by atoms with Crippen LogP contribution in [-0.2, 0) is 17.7 Å². The highest BCUT2D eigenvalue weighted by atomic mass is 35.5. The van der Waals surface area contributed by atoms with E-state index in [0.29, 0.717) is 0 Å². The average molecular weight is 325 g/mol. The topological polar surface area (TPSA) is 24.5 Å². The molecule has 2 aliphatic heterocycles. The maximum Gasteiger partial charge on any atom is 0.0465 e. The summed E-state index contributed by atoms with van der Waals surface area (Å²) in [6.45, 7) is 5.57. The highest BCUT2D eigenvalue weighted by Crippen LogP contribution is 2.29. The predicted octanol–water partition coefficient (Wildman–Crippen LogP) is 3.72. The number of ether oxygens (including phenoxy) is 1. The first kappa shape index (κ1) is 17.6. The Morgan fingerprint density at radius 1 is 1.32 bits per heavy atom. The molecule has 1 fully saturated rings. The molecule has 1 atom stereocenters. The Morgan fingerprint density at radius 2 is 2.23 bits per heavy atom. The van der Waals surface area contributed by atoms with E-state index in [4.69, 9.17) is 4.74 Å². The molecule has 22 heavy (non-hydrogen) atoms. The van der Waals surface area contributed by atoms with Gasteiger partial charge < -0.3 is 10.1 Å². The van der Waals surface area contributed by atoms with Crippen LogP contribution in [0.1, 0.15) is 36.8 Å². The van der Waals surface area contributed by atoms with Crippen molar-refractivity contribution in [1.82, 2.24) is 4.90 Å². The smallest absolute Gasteiger partial charge is 0.0465 e. The van der Waals surface area contributed by atoms with Crippen LogP contribution in [-0.4, -0.2) is 38.3 Å². The lowest BCUT2D eigenvalue weighted by molar-refractivity contribution is 0.158. The Hall–Kier alpha value is -0.770. The van der Waals surface area contributed by atoms with Crippen molar-refractivity contribution >= 4 is 18.1 Å². The number of anilines is 1. The van der Waals surface area contributed by atoms with E-state index in [1.54, 1.807) is 0 Å². The summed E-state index contributed by atoms with van der Waals surface area (Å²) >= 11 is 0. The zero-order valence-electron chi connectivity index (χ0n) is 13.6. The predicted molar refractivity (Wildman–Crippen MR) is 95.0 cm³/mol. The molecule has 0 radical (unpaired) electrons. The molecule has 2 heterocycles. The molecule has 0 aliphatic carbocycles. The van der Waals surface area contributed by atoms with E-state index in [1.165, 1.54) is 62.0 Å². The number of nitrogens with one attached hydrogen (secondary N) is 1. The van der Waals surface area contributed by atoms with Crippen molar-refractivity contribution in [2.75, 3.05) is 38.7 Å². The number of para-hydroxylation sites is 1. The van der Waals surface area contributed by atoms with Gasteiger partial charge in [-0.3, -0.25) is 4.90 Å². The van der Waals surface area contributed by atoms with Gasteiger partial charge in [0.15, 0.2) is 0 Å². The van der Waals surface area contributed by atoms with E-state index >= 15 is 0 Å². The monoisotopic (exact) mass is 324 g/mol. The third kappa shape index (κ3) is 4.37. The highest BCUT2D eigenvalue weighted by Gasteiger charge is 2.20. The Balaban J connectivity index is 0.00000176. The number of rotatable bonds is 5. The largest absolute Gasteiger partial charge is 0.385 e. The summed E-state index contributed by atoms with van der Waals surface area (Å²) in [5.74, 6) is 0.803. The van der Waals surface area contributed by atoms with Crippen molar-refractivity contribution in [3.8, 4) is 0 Å². The molecule has 1 unspecified atom stereocenters. The molecule has 0 bridgehead atoms. The second kappa shape index (κ2) is 8.76. The van der Waals surface area contributed by atoms with Crippen LogP contribution >= 0.6 is 12.4 Å². The van der Waals surface area contributed by atoms with Crippen molar-refractivity contribution in [3.63, 3.8) is 0 Å². The van der Waals surface area contributed by atoms with E-state index in [0.717, 1.165) is 25.6 Å². The van der Waals surface area contributed by atoms with Crippen LogP contribution in [0.3, 0.4) is 0 Å². The number of halogens is 1. The first-order valence-electron chi connectivity index (χ1n) is 8.43. The van der Waals surface area contributed by atoms with E-state index < -0.39 is 0 Å². The molecule has 0 saturated carbocycles. The summed E-state index contributed by atoms with van der Waals surface area (Å²) in [4.78, 5) is 2.66. The standard InChI is InChI=1S/C18H28N2O.ClH/c1-21-12-9-15-5-2-3-11-20(13-15)14-17-7-4-6-16-8-10-19-18(16)17;/h4,6-7,15,19H,2-3,5,8-14H2,1H3;1H. The molecule has 1 saturated heterocycles. The Kier molecular flexibility index (Phi) is 7.00. The fourth-order valence-electron chi connectivity index (χ4n) is 3.76. The number of hydrogen-bond acceptors (Lipinski definition) is 3. The van der Waals surface area contributed by atoms with Crippen LogP contribution in [0.5, 0.6) is 0 Å². The van der Waals surface area contributed by atoms with Gasteiger partial charge >= 0.3 is 0 Å². The minimum absolute atomic E-state index is 0. The lowest BCUT2D eigenvalue weighted by Gasteiger charge is -2.25. The molecule has 3 rings (SSSR count). The maximum absolute atomic E-state index is 5.27. The van der Waals surface area contributed by atoms with Crippen molar-refractivity contribution < 1.29 is 4.74 Å². The lowest BCUT2D eigenvalue weighted by Crippen LogP contribution is -2.28. The Bertz CT molecular complexity index is 466. The Morgan fingerprint density at radius 3 is 3.09 bits per heavy atom. The van der Waals surface area contributed by atoms with Gasteiger partial charge in [0.2, 0.25) is 0 Å². The van der Waals surface area contributed by atoms with Crippen LogP contribution in [0, 0.1) is 5.92 Å². The van der Waals surface area contributed by atoms with E-state index in [9.17, 15) is 0 Å². The molecule has 0 amide bonds. The Labute approximate surface area is 140 Å². The summed E-state index contributed by atoms with van der Waals surface area (Å²) in [6.07, 6.45) is 6.46. The van der Waals surface area contributed by atoms with Crippen LogP contribution in [0.15, 0.2) is 18.2 Å². The van der Waals surface area contributed by atoms with Crippen LogP contribution in [0.2, 0.25) is 0 Å². The van der Waals surface area contributed by atoms with Gasteiger partial charge in [-0.15, -0.1) is 12.4 Å². The number of likely N-dealkylation sites (tertiary alicyclic amines) is 1. The van der Waals surface area contributed by atoms with Crippen molar-refractivity contribution in [1.29, 1.82) is 0 Å². The number of benzene rings is 1. The third-order valence-electron chi connectivity index (χ3n) is 4.91. The fourth-order valence-corrected chi connectivity index (χ4v) is 3.76. The van der Waals surface area contributed by atoms with Crippen molar-refractivity contribution in [3.05, 3.63) is 29.3 Å². The second-order valence-corrected chi connectivity index (χ2v) is 6.51. The lowest BCUT2D eigenvalue weighted by atomic mass is 10.00. The summed E-state index contributed by atoms with van der Waals surface area (Å²) in [5.41, 5.74) is 4.39. The molecular formula is C18H29ClN2O. The first-order chi connectivity index (χ1) is 10.4. The maximum atomic E-state index is 5.27. The molecule has 3 nitrogen and oxygen atoms in total. The second-order valence-electron chi connectivity index (χ2n) is 6.51. The van der Waals surface area contributed by atoms with Gasteiger partial charge in [0.25, 0.3) is 0 Å².